The molecule has 0 aliphatic heterocycles. The fourth-order valence-corrected chi connectivity index (χ4v) is 1.78. The number of rotatable bonds is 11. The third-order valence-electron chi connectivity index (χ3n) is 2.92. The Kier molecular flexibility index (Phi) is 9.83. The molecule has 0 aliphatic carbocycles. The van der Waals surface area contributed by atoms with E-state index in [-0.39, 0.29) is 19.0 Å². The highest BCUT2D eigenvalue weighted by Gasteiger charge is 2.12. The number of benzene rings is 1. The van der Waals surface area contributed by atoms with Crippen molar-refractivity contribution in [2.24, 2.45) is 10.2 Å². The first-order valence-corrected chi connectivity index (χ1v) is 8.00. The van der Waals surface area contributed by atoms with Gasteiger partial charge >= 0.3 is 12.1 Å². The zero-order chi connectivity index (χ0) is 19.2. The molecule has 0 unspecified atom stereocenters. The van der Waals surface area contributed by atoms with Crippen molar-refractivity contribution in [2.75, 3.05) is 19.8 Å². The monoisotopic (exact) mass is 362 g/mol. The van der Waals surface area contributed by atoms with Gasteiger partial charge in [-0.2, -0.15) is 10.2 Å². The summed E-state index contributed by atoms with van der Waals surface area (Å²) in [5.74, 6) is 0.139. The lowest BCUT2D eigenvalue weighted by atomic mass is 10.2. The minimum Gasteiger partial charge on any atom is -0.490 e. The number of ether oxygens (including phenoxy) is 4. The molecule has 0 amide bonds. The molecule has 0 radical (unpaired) electrons. The third-order valence-corrected chi connectivity index (χ3v) is 2.92. The van der Waals surface area contributed by atoms with Crippen molar-refractivity contribution in [3.8, 4) is 11.5 Å². The average Bonchev–Trinajstić information content (AvgIpc) is 2.64. The van der Waals surface area contributed by atoms with Crippen LogP contribution in [0.1, 0.15) is 25.3 Å². The Balaban J connectivity index is 2.47. The smallest absolute Gasteiger partial charge is 0.490 e. The summed E-state index contributed by atoms with van der Waals surface area (Å²) < 4.78 is 20.4. The van der Waals surface area contributed by atoms with Gasteiger partial charge in [0.1, 0.15) is 0 Å². The van der Waals surface area contributed by atoms with Crippen molar-refractivity contribution in [1.82, 2.24) is 0 Å². The summed E-state index contributed by atoms with van der Waals surface area (Å²) in [4.78, 5) is 22.6. The fourth-order valence-electron chi connectivity index (χ4n) is 1.78. The van der Waals surface area contributed by atoms with E-state index in [9.17, 15) is 9.59 Å². The van der Waals surface area contributed by atoms with Gasteiger partial charge in [0, 0.05) is 12.8 Å². The Hall–Kier alpha value is -3.16. The van der Waals surface area contributed by atoms with Gasteiger partial charge in [0.25, 0.3) is 0 Å². The van der Waals surface area contributed by atoms with Crippen molar-refractivity contribution < 1.29 is 28.5 Å². The van der Waals surface area contributed by atoms with E-state index in [1.165, 1.54) is 6.21 Å². The molecule has 1 aromatic rings. The first kappa shape index (κ1) is 20.9. The molecular weight excluding hydrogens is 340 g/mol. The molecule has 1 rings (SSSR count). The second-order valence-electron chi connectivity index (χ2n) is 4.80. The van der Waals surface area contributed by atoms with Gasteiger partial charge in [-0.25, -0.2) is 9.59 Å². The normalized spacial score (nSPS) is 10.2. The number of hydrogen-bond acceptors (Lipinski definition) is 8. The molecule has 8 heteroatoms. The van der Waals surface area contributed by atoms with Crippen LogP contribution in [0.25, 0.3) is 0 Å². The van der Waals surface area contributed by atoms with Gasteiger partial charge in [-0.05, 0) is 43.5 Å². The van der Waals surface area contributed by atoms with Crippen LogP contribution < -0.4 is 9.47 Å². The van der Waals surface area contributed by atoms with Gasteiger partial charge < -0.3 is 18.9 Å². The summed E-state index contributed by atoms with van der Waals surface area (Å²) in [6.45, 7) is 9.14. The van der Waals surface area contributed by atoms with Gasteiger partial charge in [0.2, 0.25) is 0 Å². The quantitative estimate of drug-likeness (QED) is 0.150. The highest BCUT2D eigenvalue weighted by atomic mass is 16.7. The summed E-state index contributed by atoms with van der Waals surface area (Å²) in [5, 5.41) is 7.07. The van der Waals surface area contributed by atoms with Gasteiger partial charge in [-0.15, -0.1) is 0 Å². The second kappa shape index (κ2) is 12.2. The molecule has 0 N–H and O–H groups in total. The number of esters is 1. The van der Waals surface area contributed by atoms with Crippen LogP contribution in [0, 0.1) is 0 Å². The lowest BCUT2D eigenvalue weighted by Crippen LogP contribution is -2.13. The van der Waals surface area contributed by atoms with Gasteiger partial charge in [-0.1, -0.05) is 6.58 Å². The number of carbonyl (C=O) groups excluding carboxylic acids is 2. The maximum atomic E-state index is 11.8. The Morgan fingerprint density at radius 1 is 1.15 bits per heavy atom. The summed E-state index contributed by atoms with van der Waals surface area (Å²) in [7, 11) is 0. The number of carbonyl (C=O) groups is 2. The molecule has 0 aromatic heterocycles. The van der Waals surface area contributed by atoms with Crippen molar-refractivity contribution >= 4 is 25.1 Å². The maximum absolute atomic E-state index is 11.8. The Labute approximate surface area is 152 Å². The van der Waals surface area contributed by atoms with Crippen LogP contribution in [-0.2, 0) is 14.3 Å². The van der Waals surface area contributed by atoms with Gasteiger partial charge in [0.05, 0.1) is 26.0 Å². The minimum absolute atomic E-state index is 0.143. The van der Waals surface area contributed by atoms with Gasteiger partial charge in [0.15, 0.2) is 11.5 Å². The number of hydrogen-bond donors (Lipinski definition) is 0. The van der Waals surface area contributed by atoms with Gasteiger partial charge in [-0.3, -0.25) is 0 Å². The predicted molar refractivity (Wildman–Crippen MR) is 97.1 cm³/mol. The molecule has 140 valence electrons. The van der Waals surface area contributed by atoms with Crippen LogP contribution >= 0.6 is 0 Å². The van der Waals surface area contributed by atoms with Crippen LogP contribution in [0.3, 0.4) is 0 Å². The lowest BCUT2D eigenvalue weighted by molar-refractivity contribution is -0.137. The van der Waals surface area contributed by atoms with Crippen molar-refractivity contribution in [1.29, 1.82) is 0 Å². The number of unbranched alkanes of at least 4 members (excludes halogenated alkanes) is 1. The molecule has 0 spiro atoms. The zero-order valence-corrected chi connectivity index (χ0v) is 14.7. The molecule has 0 saturated carbocycles. The standard InChI is InChI=1S/C18H22N2O6/c1-4-17(21)24-10-6-7-11-25-18(22)26-15-9-8-14(13-20-19-3)12-16(15)23-5-2/h4,8-9,12-13H,1,3,5-7,10-11H2,2H3/b20-13+. The zero-order valence-electron chi connectivity index (χ0n) is 14.7. The van der Waals surface area contributed by atoms with E-state index >= 15 is 0 Å². The predicted octanol–water partition coefficient (Wildman–Crippen LogP) is 3.14. The first-order chi connectivity index (χ1) is 12.6. The Morgan fingerprint density at radius 3 is 2.54 bits per heavy atom. The SMILES string of the molecule is C=CC(=O)OCCCCOC(=O)Oc1ccc(/C=N/N=C)cc1OCC. The highest BCUT2D eigenvalue weighted by molar-refractivity contribution is 5.81. The van der Waals surface area contributed by atoms with E-state index in [1.54, 1.807) is 18.2 Å². The van der Waals surface area contributed by atoms with Crippen LogP contribution in [-0.4, -0.2) is 44.9 Å². The average molecular weight is 362 g/mol. The van der Waals surface area contributed by atoms with E-state index in [1.807, 2.05) is 6.92 Å². The van der Waals surface area contributed by atoms with E-state index in [0.29, 0.717) is 25.2 Å². The molecule has 0 heterocycles. The van der Waals surface area contributed by atoms with Crippen LogP contribution in [0.15, 0.2) is 41.1 Å². The molecule has 0 bridgehead atoms. The molecule has 0 saturated heterocycles. The highest BCUT2D eigenvalue weighted by Crippen LogP contribution is 2.28. The lowest BCUT2D eigenvalue weighted by Gasteiger charge is -2.11. The Morgan fingerprint density at radius 2 is 1.88 bits per heavy atom. The molecular formula is C18H22N2O6. The fraction of sp³-hybridized carbons (Fsp3) is 0.333. The maximum Gasteiger partial charge on any atom is 0.513 e. The van der Waals surface area contributed by atoms with Crippen LogP contribution in [0.4, 0.5) is 4.79 Å². The number of nitrogens with zero attached hydrogens (tertiary/aromatic N) is 2. The van der Waals surface area contributed by atoms with Crippen molar-refractivity contribution in [2.45, 2.75) is 19.8 Å². The minimum atomic E-state index is -0.844. The molecule has 0 aliphatic rings. The second-order valence-corrected chi connectivity index (χ2v) is 4.80. The summed E-state index contributed by atoms with van der Waals surface area (Å²) >= 11 is 0. The molecule has 1 aromatic carbocycles. The van der Waals surface area contributed by atoms with Crippen LogP contribution in [0.5, 0.6) is 11.5 Å². The molecule has 8 nitrogen and oxygen atoms in total. The summed E-state index contributed by atoms with van der Waals surface area (Å²) in [6.07, 6.45) is 2.83. The van der Waals surface area contributed by atoms with Crippen LogP contribution in [0.2, 0.25) is 0 Å². The third kappa shape index (κ3) is 8.09. The van der Waals surface area contributed by atoms with E-state index in [4.69, 9.17) is 18.9 Å². The molecule has 0 atom stereocenters. The largest absolute Gasteiger partial charge is 0.513 e. The summed E-state index contributed by atoms with van der Waals surface area (Å²) in [6, 6.07) is 4.92. The molecule has 0 fully saturated rings. The van der Waals surface area contributed by atoms with E-state index < -0.39 is 12.1 Å². The summed E-state index contributed by atoms with van der Waals surface area (Å²) in [5.41, 5.74) is 0.718. The van der Waals surface area contributed by atoms with E-state index in [2.05, 4.69) is 23.5 Å². The topological polar surface area (TPSA) is 95.8 Å². The van der Waals surface area contributed by atoms with Crippen molar-refractivity contribution in [3.05, 3.63) is 36.4 Å². The Bertz CT molecular complexity index is 657. The first-order valence-electron chi connectivity index (χ1n) is 8.00. The van der Waals surface area contributed by atoms with E-state index in [0.717, 1.165) is 11.6 Å². The molecule has 26 heavy (non-hydrogen) atoms. The van der Waals surface area contributed by atoms with Crippen molar-refractivity contribution in [3.63, 3.8) is 0 Å².